The molecule has 0 bridgehead atoms. The highest BCUT2D eigenvalue weighted by Gasteiger charge is 2.15. The van der Waals surface area contributed by atoms with Crippen LogP contribution in [0.3, 0.4) is 0 Å². The minimum absolute atomic E-state index is 0.362. The number of rotatable bonds is 4. The lowest BCUT2D eigenvalue weighted by Crippen LogP contribution is -2.10. The van der Waals surface area contributed by atoms with Gasteiger partial charge in [0, 0.05) is 17.0 Å². The van der Waals surface area contributed by atoms with E-state index in [0.717, 1.165) is 28.0 Å². The number of hydrogen-bond donors (Lipinski definition) is 0. The Morgan fingerprint density at radius 2 is 1.92 bits per heavy atom. The van der Waals surface area contributed by atoms with Gasteiger partial charge in [0.15, 0.2) is 0 Å². The Balaban J connectivity index is 1.57. The Bertz CT molecular complexity index is 1020. The molecular formula is C20H16O5. The van der Waals surface area contributed by atoms with E-state index in [1.807, 2.05) is 30.3 Å². The summed E-state index contributed by atoms with van der Waals surface area (Å²) >= 11 is 0. The van der Waals surface area contributed by atoms with Gasteiger partial charge in [0.1, 0.15) is 36.0 Å². The van der Waals surface area contributed by atoms with Gasteiger partial charge in [-0.15, -0.1) is 0 Å². The predicted molar refractivity (Wildman–Crippen MR) is 94.4 cm³/mol. The van der Waals surface area contributed by atoms with Crippen LogP contribution < -0.4 is 19.8 Å². The molecule has 126 valence electrons. The van der Waals surface area contributed by atoms with Crippen LogP contribution in [0.15, 0.2) is 63.8 Å². The average molecular weight is 336 g/mol. The molecule has 2 aromatic carbocycles. The fourth-order valence-corrected chi connectivity index (χ4v) is 2.79. The molecule has 0 fully saturated rings. The summed E-state index contributed by atoms with van der Waals surface area (Å²) < 4.78 is 22.0. The van der Waals surface area contributed by atoms with Gasteiger partial charge in [0.25, 0.3) is 0 Å². The molecule has 5 heteroatoms. The third-order valence-electron chi connectivity index (χ3n) is 4.09. The van der Waals surface area contributed by atoms with E-state index in [1.165, 1.54) is 6.07 Å². The van der Waals surface area contributed by atoms with Gasteiger partial charge in [0.05, 0.1) is 7.11 Å². The third-order valence-corrected chi connectivity index (χ3v) is 4.09. The van der Waals surface area contributed by atoms with Crippen LogP contribution in [0.5, 0.6) is 17.2 Å². The molecule has 1 aromatic heterocycles. The molecule has 0 saturated carbocycles. The van der Waals surface area contributed by atoms with Crippen LogP contribution in [-0.2, 0) is 0 Å². The van der Waals surface area contributed by atoms with Crippen LogP contribution in [-0.4, -0.2) is 20.3 Å². The Morgan fingerprint density at radius 1 is 1.04 bits per heavy atom. The van der Waals surface area contributed by atoms with Crippen molar-refractivity contribution in [2.75, 3.05) is 20.3 Å². The van der Waals surface area contributed by atoms with Crippen molar-refractivity contribution in [3.63, 3.8) is 0 Å². The summed E-state index contributed by atoms with van der Waals surface area (Å²) in [4.78, 5) is 11.2. The fourth-order valence-electron chi connectivity index (χ4n) is 2.79. The largest absolute Gasteiger partial charge is 0.497 e. The zero-order chi connectivity index (χ0) is 17.2. The van der Waals surface area contributed by atoms with Crippen LogP contribution in [0, 0.1) is 0 Å². The van der Waals surface area contributed by atoms with E-state index in [4.69, 9.17) is 18.6 Å². The third kappa shape index (κ3) is 3.08. The summed E-state index contributed by atoms with van der Waals surface area (Å²) in [6, 6.07) is 14.2. The first-order valence-corrected chi connectivity index (χ1v) is 7.90. The maximum absolute atomic E-state index is 11.2. The molecule has 0 N–H and O–H groups in total. The lowest BCUT2D eigenvalue weighted by Gasteiger charge is -2.20. The number of methoxy groups -OCH3 is 1. The lowest BCUT2D eigenvalue weighted by atomic mass is 10.0. The molecule has 4 rings (SSSR count). The standard InChI is InChI=1S/C20H16O5/c1-22-15-3-6-19-17(11-15)14(8-9-23-19)12-24-16-4-5-18-13(10-16)2-7-20(21)25-18/h2-8,10-11H,9,12H2,1H3. The molecule has 25 heavy (non-hydrogen) atoms. The summed E-state index contributed by atoms with van der Waals surface area (Å²) in [6.45, 7) is 0.923. The first-order valence-electron chi connectivity index (χ1n) is 7.90. The molecule has 2 heterocycles. The van der Waals surface area contributed by atoms with Crippen LogP contribution in [0.2, 0.25) is 0 Å². The zero-order valence-electron chi connectivity index (χ0n) is 13.7. The zero-order valence-corrected chi connectivity index (χ0v) is 13.7. The predicted octanol–water partition coefficient (Wildman–Crippen LogP) is 3.66. The molecule has 1 aliphatic heterocycles. The number of ether oxygens (including phenoxy) is 3. The molecule has 0 atom stereocenters. The molecule has 0 amide bonds. The number of benzene rings is 2. The average Bonchev–Trinajstić information content (AvgIpc) is 2.65. The fraction of sp³-hybridized carbons (Fsp3) is 0.150. The van der Waals surface area contributed by atoms with Crippen molar-refractivity contribution in [1.29, 1.82) is 0 Å². The second kappa shape index (κ2) is 6.36. The van der Waals surface area contributed by atoms with Gasteiger partial charge >= 0.3 is 5.63 Å². The van der Waals surface area contributed by atoms with Crippen LogP contribution in [0.25, 0.3) is 16.5 Å². The van der Waals surface area contributed by atoms with Crippen LogP contribution >= 0.6 is 0 Å². The molecule has 3 aromatic rings. The van der Waals surface area contributed by atoms with Crippen molar-refractivity contribution >= 4 is 16.5 Å². The highest BCUT2D eigenvalue weighted by atomic mass is 16.5. The maximum atomic E-state index is 11.2. The Hall–Kier alpha value is -3.21. The molecule has 0 saturated heterocycles. The summed E-state index contributed by atoms with van der Waals surface area (Å²) in [6.07, 6.45) is 2.00. The molecule has 0 radical (unpaired) electrons. The second-order valence-corrected chi connectivity index (χ2v) is 5.65. The summed E-state index contributed by atoms with van der Waals surface area (Å²) in [7, 11) is 1.64. The Kier molecular flexibility index (Phi) is 3.90. The van der Waals surface area contributed by atoms with Gasteiger partial charge in [0.2, 0.25) is 0 Å². The van der Waals surface area contributed by atoms with Crippen molar-refractivity contribution in [3.05, 3.63) is 70.6 Å². The van der Waals surface area contributed by atoms with Crippen molar-refractivity contribution in [3.8, 4) is 17.2 Å². The van der Waals surface area contributed by atoms with Gasteiger partial charge in [-0.05, 0) is 54.1 Å². The minimum Gasteiger partial charge on any atom is -0.497 e. The number of fused-ring (bicyclic) bond motifs is 2. The van der Waals surface area contributed by atoms with Crippen molar-refractivity contribution in [2.24, 2.45) is 0 Å². The van der Waals surface area contributed by atoms with E-state index in [0.29, 0.717) is 24.5 Å². The minimum atomic E-state index is -0.362. The first kappa shape index (κ1) is 15.3. The van der Waals surface area contributed by atoms with E-state index in [1.54, 1.807) is 25.3 Å². The monoisotopic (exact) mass is 336 g/mol. The van der Waals surface area contributed by atoms with E-state index in [-0.39, 0.29) is 5.63 Å². The molecule has 0 aliphatic carbocycles. The van der Waals surface area contributed by atoms with E-state index >= 15 is 0 Å². The van der Waals surface area contributed by atoms with Gasteiger partial charge in [-0.3, -0.25) is 0 Å². The quantitative estimate of drug-likeness (QED) is 0.681. The van der Waals surface area contributed by atoms with Crippen LogP contribution in [0.1, 0.15) is 5.56 Å². The first-order chi connectivity index (χ1) is 12.2. The second-order valence-electron chi connectivity index (χ2n) is 5.65. The summed E-state index contributed by atoms with van der Waals surface area (Å²) in [5, 5.41) is 0.820. The topological polar surface area (TPSA) is 57.9 Å². The lowest BCUT2D eigenvalue weighted by molar-refractivity contribution is 0.341. The molecule has 0 unspecified atom stereocenters. The van der Waals surface area contributed by atoms with Crippen molar-refractivity contribution in [1.82, 2.24) is 0 Å². The highest BCUT2D eigenvalue weighted by Crippen LogP contribution is 2.33. The van der Waals surface area contributed by atoms with Gasteiger partial charge < -0.3 is 18.6 Å². The summed E-state index contributed by atoms with van der Waals surface area (Å²) in [5.41, 5.74) is 2.19. The van der Waals surface area contributed by atoms with E-state index < -0.39 is 0 Å². The normalized spacial score (nSPS) is 12.9. The summed E-state index contributed by atoms with van der Waals surface area (Å²) in [5.74, 6) is 2.30. The molecule has 5 nitrogen and oxygen atoms in total. The van der Waals surface area contributed by atoms with Crippen molar-refractivity contribution < 1.29 is 18.6 Å². The molecule has 1 aliphatic rings. The molecular weight excluding hydrogens is 320 g/mol. The van der Waals surface area contributed by atoms with Gasteiger partial charge in [-0.1, -0.05) is 0 Å². The SMILES string of the molecule is COc1ccc2c(c1)C(COc1ccc3oc(=O)ccc3c1)=CCO2. The Morgan fingerprint density at radius 3 is 2.80 bits per heavy atom. The smallest absolute Gasteiger partial charge is 0.336 e. The maximum Gasteiger partial charge on any atom is 0.336 e. The van der Waals surface area contributed by atoms with E-state index in [9.17, 15) is 4.79 Å². The van der Waals surface area contributed by atoms with E-state index in [2.05, 4.69) is 0 Å². The Labute approximate surface area is 144 Å². The highest BCUT2D eigenvalue weighted by molar-refractivity contribution is 5.78. The number of hydrogen-bond acceptors (Lipinski definition) is 5. The van der Waals surface area contributed by atoms with Crippen molar-refractivity contribution in [2.45, 2.75) is 0 Å². The van der Waals surface area contributed by atoms with Gasteiger partial charge in [-0.2, -0.15) is 0 Å². The van der Waals surface area contributed by atoms with Crippen LogP contribution in [0.4, 0.5) is 0 Å². The van der Waals surface area contributed by atoms with Gasteiger partial charge in [-0.25, -0.2) is 4.79 Å². The molecule has 0 spiro atoms.